The van der Waals surface area contributed by atoms with Crippen molar-refractivity contribution in [2.24, 2.45) is 0 Å². The third-order valence-corrected chi connectivity index (χ3v) is 3.71. The molecular weight excluding hydrogens is 325 g/mol. The largest absolute Gasteiger partial charge is 0.440 e. The summed E-state index contributed by atoms with van der Waals surface area (Å²) in [5.74, 6) is -0.385. The van der Waals surface area contributed by atoms with Crippen molar-refractivity contribution in [3.63, 3.8) is 0 Å². The number of ketones is 1. The summed E-state index contributed by atoms with van der Waals surface area (Å²) in [5, 5.41) is 0. The fourth-order valence-corrected chi connectivity index (χ4v) is 2.43. The smallest absolute Gasteiger partial charge is 0.203 e. The Morgan fingerprint density at radius 1 is 1.20 bits per heavy atom. The fourth-order valence-electron chi connectivity index (χ4n) is 1.95. The van der Waals surface area contributed by atoms with Crippen LogP contribution in [0.1, 0.15) is 16.2 Å². The highest BCUT2D eigenvalue weighted by atomic mass is 79.9. The lowest BCUT2D eigenvalue weighted by atomic mass is 10.1. The van der Waals surface area contributed by atoms with Crippen LogP contribution in [-0.2, 0) is 6.42 Å². The van der Waals surface area contributed by atoms with Gasteiger partial charge in [-0.25, -0.2) is 9.37 Å². The Bertz CT molecular complexity index is 764. The predicted octanol–water partition coefficient (Wildman–Crippen LogP) is 4.15. The van der Waals surface area contributed by atoms with Crippen LogP contribution in [0.3, 0.4) is 0 Å². The summed E-state index contributed by atoms with van der Waals surface area (Å²) in [6.45, 7) is 0. The van der Waals surface area contributed by atoms with Crippen LogP contribution >= 0.6 is 15.9 Å². The number of nitrogens with zero attached hydrogens (tertiary/aromatic N) is 1. The molecule has 0 N–H and O–H groups in total. The van der Waals surface area contributed by atoms with Crippen LogP contribution in [0.2, 0.25) is 0 Å². The van der Waals surface area contributed by atoms with Crippen molar-refractivity contribution in [3.05, 3.63) is 64.2 Å². The molecular formula is C15H9BrFNO2. The van der Waals surface area contributed by atoms with Gasteiger partial charge in [0.2, 0.25) is 5.89 Å². The summed E-state index contributed by atoms with van der Waals surface area (Å²) < 4.78 is 19.1. The molecule has 0 amide bonds. The van der Waals surface area contributed by atoms with E-state index >= 15 is 0 Å². The fraction of sp³-hybridized carbons (Fsp3) is 0.0667. The minimum atomic E-state index is -0.464. The summed E-state index contributed by atoms with van der Waals surface area (Å²) in [6, 6.07) is 11.6. The van der Waals surface area contributed by atoms with Crippen molar-refractivity contribution in [2.75, 3.05) is 0 Å². The average Bonchev–Trinajstić information content (AvgIpc) is 2.83. The van der Waals surface area contributed by atoms with Crippen molar-refractivity contribution >= 4 is 32.8 Å². The van der Waals surface area contributed by atoms with Gasteiger partial charge >= 0.3 is 0 Å². The molecule has 0 saturated heterocycles. The Morgan fingerprint density at radius 2 is 2.00 bits per heavy atom. The van der Waals surface area contributed by atoms with Crippen LogP contribution in [0, 0.1) is 5.82 Å². The number of fused-ring (bicyclic) bond motifs is 1. The van der Waals surface area contributed by atoms with E-state index in [-0.39, 0.29) is 22.2 Å². The van der Waals surface area contributed by atoms with Gasteiger partial charge in [-0.1, -0.05) is 24.3 Å². The third kappa shape index (κ3) is 2.36. The summed E-state index contributed by atoms with van der Waals surface area (Å²) >= 11 is 3.08. The lowest BCUT2D eigenvalue weighted by Crippen LogP contribution is -2.05. The molecule has 0 bridgehead atoms. The molecule has 0 aliphatic carbocycles. The Labute approximate surface area is 122 Å². The monoisotopic (exact) mass is 333 g/mol. The van der Waals surface area contributed by atoms with Gasteiger partial charge in [0.25, 0.3) is 0 Å². The van der Waals surface area contributed by atoms with Crippen LogP contribution in [0.5, 0.6) is 0 Å². The van der Waals surface area contributed by atoms with E-state index < -0.39 is 5.82 Å². The van der Waals surface area contributed by atoms with E-state index in [0.29, 0.717) is 17.0 Å². The lowest BCUT2D eigenvalue weighted by Gasteiger charge is -2.02. The van der Waals surface area contributed by atoms with Gasteiger partial charge in [0.05, 0.1) is 10.9 Å². The first kappa shape index (κ1) is 13.0. The molecule has 1 heterocycles. The van der Waals surface area contributed by atoms with Gasteiger partial charge < -0.3 is 4.42 Å². The Kier molecular flexibility index (Phi) is 3.36. The number of para-hydroxylation sites is 2. The van der Waals surface area contributed by atoms with Gasteiger partial charge in [-0.3, -0.25) is 4.79 Å². The number of oxazole rings is 1. The molecule has 1 aromatic heterocycles. The van der Waals surface area contributed by atoms with E-state index in [2.05, 4.69) is 20.9 Å². The van der Waals surface area contributed by atoms with E-state index in [1.807, 2.05) is 18.2 Å². The minimum Gasteiger partial charge on any atom is -0.440 e. The molecule has 3 aromatic rings. The number of benzene rings is 2. The van der Waals surface area contributed by atoms with Crippen LogP contribution in [-0.4, -0.2) is 10.8 Å². The molecule has 0 aliphatic rings. The highest BCUT2D eigenvalue weighted by Gasteiger charge is 2.16. The molecule has 0 unspecified atom stereocenters. The topological polar surface area (TPSA) is 43.1 Å². The zero-order valence-corrected chi connectivity index (χ0v) is 11.9. The highest BCUT2D eigenvalue weighted by Crippen LogP contribution is 2.23. The van der Waals surface area contributed by atoms with Crippen LogP contribution in [0.4, 0.5) is 4.39 Å². The molecule has 100 valence electrons. The second kappa shape index (κ2) is 5.17. The summed E-state index contributed by atoms with van der Waals surface area (Å²) in [4.78, 5) is 16.4. The molecule has 20 heavy (non-hydrogen) atoms. The van der Waals surface area contributed by atoms with Gasteiger partial charge in [0, 0.05) is 5.56 Å². The molecule has 0 fully saturated rings. The number of Topliss-reactive ketones (excluding diaryl/α,β-unsaturated/α-hetero) is 1. The number of rotatable bonds is 3. The Balaban J connectivity index is 1.90. The van der Waals surface area contributed by atoms with Crippen molar-refractivity contribution in [3.8, 4) is 0 Å². The van der Waals surface area contributed by atoms with E-state index in [0.717, 1.165) is 0 Å². The first-order chi connectivity index (χ1) is 9.65. The predicted molar refractivity (Wildman–Crippen MR) is 76.1 cm³/mol. The number of carbonyl (C=O) groups is 1. The molecule has 0 saturated carbocycles. The second-order valence-electron chi connectivity index (χ2n) is 4.28. The van der Waals surface area contributed by atoms with Crippen molar-refractivity contribution in [2.45, 2.75) is 6.42 Å². The van der Waals surface area contributed by atoms with E-state index in [4.69, 9.17) is 4.42 Å². The zero-order valence-electron chi connectivity index (χ0n) is 10.3. The number of halogens is 2. The SMILES string of the molecule is O=C(Cc1nc2ccccc2o1)c1cccc(F)c1Br. The maximum Gasteiger partial charge on any atom is 0.203 e. The number of carbonyl (C=O) groups excluding carboxylic acids is 1. The molecule has 0 aliphatic heterocycles. The first-order valence-corrected chi connectivity index (χ1v) is 6.76. The number of aromatic nitrogens is 1. The highest BCUT2D eigenvalue weighted by molar-refractivity contribution is 9.10. The van der Waals surface area contributed by atoms with Gasteiger partial charge in [-0.15, -0.1) is 0 Å². The second-order valence-corrected chi connectivity index (χ2v) is 5.07. The Morgan fingerprint density at radius 3 is 2.80 bits per heavy atom. The zero-order chi connectivity index (χ0) is 14.1. The van der Waals surface area contributed by atoms with Gasteiger partial charge in [-0.05, 0) is 34.1 Å². The van der Waals surface area contributed by atoms with Gasteiger partial charge in [0.15, 0.2) is 11.4 Å². The average molecular weight is 334 g/mol. The van der Waals surface area contributed by atoms with Gasteiger partial charge in [0.1, 0.15) is 11.3 Å². The van der Waals surface area contributed by atoms with Crippen LogP contribution in [0.15, 0.2) is 51.4 Å². The van der Waals surface area contributed by atoms with Crippen LogP contribution < -0.4 is 0 Å². The third-order valence-electron chi connectivity index (χ3n) is 2.90. The standard InChI is InChI=1S/C15H9BrFNO2/c16-15-9(4-3-5-10(15)17)12(19)8-14-18-11-6-1-2-7-13(11)20-14/h1-7H,8H2. The normalized spacial score (nSPS) is 10.9. The van der Waals surface area contributed by atoms with Crippen molar-refractivity contribution in [1.82, 2.24) is 4.98 Å². The molecule has 0 atom stereocenters. The molecule has 5 heteroatoms. The van der Waals surface area contributed by atoms with Gasteiger partial charge in [-0.2, -0.15) is 0 Å². The minimum absolute atomic E-state index is 0.00324. The van der Waals surface area contributed by atoms with E-state index in [9.17, 15) is 9.18 Å². The Hall–Kier alpha value is -2.01. The van der Waals surface area contributed by atoms with Crippen LogP contribution in [0.25, 0.3) is 11.1 Å². The van der Waals surface area contributed by atoms with E-state index in [1.54, 1.807) is 12.1 Å². The summed E-state index contributed by atoms with van der Waals surface area (Å²) in [5.41, 5.74) is 1.62. The number of hydrogen-bond donors (Lipinski definition) is 0. The lowest BCUT2D eigenvalue weighted by molar-refractivity contribution is 0.0985. The molecule has 3 nitrogen and oxygen atoms in total. The number of hydrogen-bond acceptors (Lipinski definition) is 3. The van der Waals surface area contributed by atoms with Crippen molar-refractivity contribution in [1.29, 1.82) is 0 Å². The summed E-state index contributed by atoms with van der Waals surface area (Å²) in [6.07, 6.45) is -0.00324. The molecule has 3 rings (SSSR count). The summed E-state index contributed by atoms with van der Waals surface area (Å²) in [7, 11) is 0. The maximum atomic E-state index is 13.4. The maximum absolute atomic E-state index is 13.4. The quantitative estimate of drug-likeness (QED) is 0.676. The molecule has 2 aromatic carbocycles. The first-order valence-electron chi connectivity index (χ1n) is 5.97. The van der Waals surface area contributed by atoms with E-state index in [1.165, 1.54) is 12.1 Å². The van der Waals surface area contributed by atoms with Crippen molar-refractivity contribution < 1.29 is 13.6 Å². The molecule has 0 spiro atoms. The molecule has 0 radical (unpaired) electrons.